The summed E-state index contributed by atoms with van der Waals surface area (Å²) in [6.07, 6.45) is 7.00. The summed E-state index contributed by atoms with van der Waals surface area (Å²) in [5.74, 6) is 0. The van der Waals surface area contributed by atoms with E-state index < -0.39 is 0 Å². The van der Waals surface area contributed by atoms with Crippen LogP contribution in [0.1, 0.15) is 1.43 Å². The molecule has 2 rings (SSSR count). The van der Waals surface area contributed by atoms with Crippen molar-refractivity contribution in [2.45, 2.75) is 0 Å². The maximum absolute atomic E-state index is 3.78. The first-order valence-corrected chi connectivity index (χ1v) is 3.70. The lowest BCUT2D eigenvalue weighted by atomic mass is 10.5. The maximum atomic E-state index is 3.78. The predicted octanol–water partition coefficient (Wildman–Crippen LogP) is 2.85. The lowest BCUT2D eigenvalue weighted by Gasteiger charge is -1.70. The number of halogens is 1. The maximum Gasteiger partial charge on any atom is 1.00 e. The molecule has 68 valence electrons. The van der Waals surface area contributed by atoms with Crippen LogP contribution in [0.3, 0.4) is 0 Å². The number of hydrogen-bond donors (Lipinski definition) is 0. The van der Waals surface area contributed by atoms with Crippen LogP contribution in [0.5, 0.6) is 0 Å². The summed E-state index contributed by atoms with van der Waals surface area (Å²) in [6, 6.07) is 11.4. The van der Waals surface area contributed by atoms with Gasteiger partial charge in [0.05, 0.1) is 0 Å². The Morgan fingerprint density at radius 3 is 0.923 bits per heavy atom. The van der Waals surface area contributed by atoms with Crippen molar-refractivity contribution < 1.29 is 1.43 Å². The van der Waals surface area contributed by atoms with Crippen molar-refractivity contribution in [3.63, 3.8) is 0 Å². The zero-order valence-corrected chi connectivity index (χ0v) is 8.79. The third-order valence-electron chi connectivity index (χ3n) is 1.13. The molecule has 0 aliphatic rings. The molecule has 3 heteroatoms. The van der Waals surface area contributed by atoms with Crippen LogP contribution in [0, 0.1) is 0 Å². The fourth-order valence-electron chi connectivity index (χ4n) is 0.625. The van der Waals surface area contributed by atoms with E-state index in [-0.39, 0.29) is 18.4 Å². The van der Waals surface area contributed by atoms with Crippen molar-refractivity contribution >= 4 is 17.0 Å². The Labute approximate surface area is 89.9 Å². The first kappa shape index (κ1) is 11.8. The Morgan fingerprint density at radius 2 is 0.846 bits per heavy atom. The van der Waals surface area contributed by atoms with Crippen molar-refractivity contribution in [3.8, 4) is 0 Å². The molecule has 2 aromatic heterocycles. The second-order valence-corrected chi connectivity index (χ2v) is 2.05. The Bertz CT molecular complexity index is 194. The molecule has 0 aromatic carbocycles. The van der Waals surface area contributed by atoms with E-state index in [0.717, 1.165) is 0 Å². The fourth-order valence-corrected chi connectivity index (χ4v) is 0.625. The lowest BCUT2D eigenvalue weighted by Crippen LogP contribution is -1.58. The van der Waals surface area contributed by atoms with Gasteiger partial charge in [-0.2, -0.15) is 0 Å². The van der Waals surface area contributed by atoms with Crippen LogP contribution in [0.25, 0.3) is 0 Å². The second-order valence-electron chi connectivity index (χ2n) is 2.05. The first-order valence-electron chi connectivity index (χ1n) is 3.70. The molecule has 0 N–H and O–H groups in total. The van der Waals surface area contributed by atoms with Gasteiger partial charge in [0.25, 0.3) is 0 Å². The molecule has 0 radical (unpaired) electrons. The number of aromatic nitrogens is 2. The zero-order valence-electron chi connectivity index (χ0n) is 8.08. The molecule has 0 amide bonds. The van der Waals surface area contributed by atoms with E-state index in [1.807, 2.05) is 36.4 Å². The minimum Gasteiger partial charge on any atom is -0.265 e. The van der Waals surface area contributed by atoms with Gasteiger partial charge in [0.2, 0.25) is 0 Å². The van der Waals surface area contributed by atoms with E-state index in [2.05, 4.69) is 9.97 Å². The molecule has 0 aliphatic heterocycles. The third-order valence-corrected chi connectivity index (χ3v) is 1.13. The van der Waals surface area contributed by atoms with E-state index in [1.165, 1.54) is 0 Å². The summed E-state index contributed by atoms with van der Waals surface area (Å²) in [4.78, 5) is 7.57. The molecular formula is C10H12BrN2+. The number of hydrogen-bond acceptors (Lipinski definition) is 2. The van der Waals surface area contributed by atoms with E-state index in [9.17, 15) is 0 Å². The van der Waals surface area contributed by atoms with Crippen molar-refractivity contribution in [1.82, 2.24) is 9.97 Å². The molecule has 0 aliphatic carbocycles. The molecular weight excluding hydrogens is 228 g/mol. The van der Waals surface area contributed by atoms with Crippen LogP contribution in [-0.4, -0.2) is 9.97 Å². The van der Waals surface area contributed by atoms with Gasteiger partial charge in [0.1, 0.15) is 0 Å². The second kappa shape index (κ2) is 8.87. The van der Waals surface area contributed by atoms with Crippen LogP contribution >= 0.6 is 17.0 Å². The SMILES string of the molecule is Br.[H+].c1ccncc1.c1ccncc1. The number of rotatable bonds is 0. The van der Waals surface area contributed by atoms with E-state index in [0.29, 0.717) is 0 Å². The van der Waals surface area contributed by atoms with E-state index >= 15 is 0 Å². The molecule has 2 aromatic rings. The Kier molecular flexibility index (Phi) is 8.04. The van der Waals surface area contributed by atoms with Gasteiger partial charge in [-0.25, -0.2) is 0 Å². The Hall–Kier alpha value is -1.22. The molecule has 0 saturated heterocycles. The number of nitrogens with zero attached hydrogens (tertiary/aromatic N) is 2. The highest BCUT2D eigenvalue weighted by Gasteiger charge is 1.59. The average molecular weight is 240 g/mol. The van der Waals surface area contributed by atoms with Gasteiger partial charge in [-0.1, -0.05) is 12.1 Å². The van der Waals surface area contributed by atoms with Gasteiger partial charge >= 0.3 is 1.43 Å². The van der Waals surface area contributed by atoms with Gasteiger partial charge in [-0.05, 0) is 24.3 Å². The standard InChI is InChI=1S/2C5H5N.BrH/c2*1-2-4-6-5-3-1;/h2*1-5H;1H/p+1. The van der Waals surface area contributed by atoms with Gasteiger partial charge in [0.15, 0.2) is 0 Å². The van der Waals surface area contributed by atoms with Crippen LogP contribution in [0.15, 0.2) is 61.2 Å². The van der Waals surface area contributed by atoms with Crippen molar-refractivity contribution in [2.24, 2.45) is 0 Å². The Morgan fingerprint density at radius 1 is 0.538 bits per heavy atom. The summed E-state index contributed by atoms with van der Waals surface area (Å²) in [6.45, 7) is 0. The minimum atomic E-state index is 0. The molecule has 0 saturated carbocycles. The molecule has 13 heavy (non-hydrogen) atoms. The molecule has 2 heterocycles. The smallest absolute Gasteiger partial charge is 0.265 e. The van der Waals surface area contributed by atoms with E-state index in [1.54, 1.807) is 24.8 Å². The third kappa shape index (κ3) is 7.15. The van der Waals surface area contributed by atoms with Crippen LogP contribution in [0.4, 0.5) is 0 Å². The summed E-state index contributed by atoms with van der Waals surface area (Å²) >= 11 is 0. The van der Waals surface area contributed by atoms with Crippen LogP contribution < -0.4 is 0 Å². The lowest BCUT2D eigenvalue weighted by molar-refractivity contribution is 1.33. The molecule has 0 spiro atoms. The monoisotopic (exact) mass is 239 g/mol. The summed E-state index contributed by atoms with van der Waals surface area (Å²) in [5, 5.41) is 0. The summed E-state index contributed by atoms with van der Waals surface area (Å²) in [5.41, 5.74) is 0. The predicted molar refractivity (Wildman–Crippen MR) is 59.9 cm³/mol. The molecule has 0 fully saturated rings. The highest BCUT2D eigenvalue weighted by molar-refractivity contribution is 8.93. The topological polar surface area (TPSA) is 25.8 Å². The van der Waals surface area contributed by atoms with Crippen molar-refractivity contribution in [3.05, 3.63) is 61.2 Å². The highest BCUT2D eigenvalue weighted by Crippen LogP contribution is 1.74. The number of pyridine rings is 2. The molecule has 0 bridgehead atoms. The summed E-state index contributed by atoms with van der Waals surface area (Å²) in [7, 11) is 0. The van der Waals surface area contributed by atoms with E-state index in [4.69, 9.17) is 0 Å². The fraction of sp³-hybridized carbons (Fsp3) is 0. The largest absolute Gasteiger partial charge is 1.00 e. The van der Waals surface area contributed by atoms with Gasteiger partial charge < -0.3 is 0 Å². The quantitative estimate of drug-likeness (QED) is 0.707. The first-order chi connectivity index (χ1) is 6.00. The van der Waals surface area contributed by atoms with Crippen molar-refractivity contribution in [2.75, 3.05) is 0 Å². The zero-order chi connectivity index (χ0) is 8.49. The average Bonchev–Trinajstić information content (AvgIpc) is 2.24. The van der Waals surface area contributed by atoms with Crippen LogP contribution in [-0.2, 0) is 0 Å². The van der Waals surface area contributed by atoms with Crippen LogP contribution in [0.2, 0.25) is 0 Å². The van der Waals surface area contributed by atoms with Gasteiger partial charge in [-0.15, -0.1) is 17.0 Å². The normalized spacial score (nSPS) is 7.38. The molecule has 0 atom stereocenters. The molecule has 0 unspecified atom stereocenters. The van der Waals surface area contributed by atoms with Gasteiger partial charge in [0, 0.05) is 24.8 Å². The summed E-state index contributed by atoms with van der Waals surface area (Å²) < 4.78 is 0. The highest BCUT2D eigenvalue weighted by atomic mass is 79.9. The molecule has 2 nitrogen and oxygen atoms in total. The Balaban J connectivity index is 0. The van der Waals surface area contributed by atoms with Gasteiger partial charge in [-0.3, -0.25) is 9.97 Å². The van der Waals surface area contributed by atoms with Crippen molar-refractivity contribution in [1.29, 1.82) is 0 Å². The minimum absolute atomic E-state index is 0.